The number of hydrogen-bond acceptors (Lipinski definition) is 2. The maximum atomic E-state index is 11.2. The van der Waals surface area contributed by atoms with Crippen molar-refractivity contribution in [2.45, 2.75) is 46.6 Å². The van der Waals surface area contributed by atoms with Crippen LogP contribution in [0.5, 0.6) is 0 Å². The van der Waals surface area contributed by atoms with Gasteiger partial charge in [-0.1, -0.05) is 13.8 Å². The molecule has 0 aromatic heterocycles. The normalized spacial score (nSPS) is 22.6. The van der Waals surface area contributed by atoms with Crippen LogP contribution in [0.15, 0.2) is 0 Å². The summed E-state index contributed by atoms with van der Waals surface area (Å²) in [4.78, 5) is 13.5. The highest BCUT2D eigenvalue weighted by atomic mass is 16.1. The molecule has 1 atom stereocenters. The van der Waals surface area contributed by atoms with Gasteiger partial charge in [0.25, 0.3) is 0 Å². The minimum Gasteiger partial charge on any atom is -0.298 e. The SMILES string of the molecule is CC(=O)C(C)N1CCC(C(C)C)CC1. The highest BCUT2D eigenvalue weighted by Gasteiger charge is 2.25. The number of rotatable bonds is 3. The zero-order valence-electron chi connectivity index (χ0n) is 9.92. The second-order valence-corrected chi connectivity index (χ2v) is 4.90. The molecule has 0 N–H and O–H groups in total. The van der Waals surface area contributed by atoms with E-state index in [1.165, 1.54) is 12.8 Å². The Kier molecular flexibility index (Phi) is 4.11. The minimum absolute atomic E-state index is 0.128. The monoisotopic (exact) mass is 197 g/mol. The van der Waals surface area contributed by atoms with Crippen molar-refractivity contribution in [3.05, 3.63) is 0 Å². The lowest BCUT2D eigenvalue weighted by Gasteiger charge is -2.36. The number of hydrogen-bond donors (Lipinski definition) is 0. The number of piperidine rings is 1. The number of carbonyl (C=O) groups excluding carboxylic acids is 1. The van der Waals surface area contributed by atoms with Gasteiger partial charge in [-0.2, -0.15) is 0 Å². The van der Waals surface area contributed by atoms with Crippen molar-refractivity contribution < 1.29 is 4.79 Å². The van der Waals surface area contributed by atoms with Crippen molar-refractivity contribution in [3.8, 4) is 0 Å². The fourth-order valence-electron chi connectivity index (χ4n) is 2.23. The van der Waals surface area contributed by atoms with E-state index in [0.717, 1.165) is 24.9 Å². The smallest absolute Gasteiger partial charge is 0.146 e. The topological polar surface area (TPSA) is 20.3 Å². The number of Topliss-reactive ketones (excluding diaryl/α,β-unsaturated/α-hetero) is 1. The van der Waals surface area contributed by atoms with Crippen LogP contribution in [0.4, 0.5) is 0 Å². The molecule has 0 radical (unpaired) electrons. The molecule has 1 unspecified atom stereocenters. The van der Waals surface area contributed by atoms with Crippen molar-refractivity contribution >= 4 is 5.78 Å². The molecule has 0 bridgehead atoms. The fraction of sp³-hybridized carbons (Fsp3) is 0.917. The first-order valence-electron chi connectivity index (χ1n) is 5.77. The van der Waals surface area contributed by atoms with E-state index in [4.69, 9.17) is 0 Å². The molecule has 82 valence electrons. The first-order chi connectivity index (χ1) is 6.52. The van der Waals surface area contributed by atoms with E-state index < -0.39 is 0 Å². The van der Waals surface area contributed by atoms with Gasteiger partial charge in [-0.05, 0) is 51.6 Å². The standard InChI is InChI=1S/C12H23NO/c1-9(2)12-5-7-13(8-6-12)10(3)11(4)14/h9-10,12H,5-8H2,1-4H3. The summed E-state index contributed by atoms with van der Waals surface area (Å²) in [5, 5.41) is 0. The molecule has 2 nitrogen and oxygen atoms in total. The van der Waals surface area contributed by atoms with E-state index in [0.29, 0.717) is 5.78 Å². The Labute approximate surface area is 87.7 Å². The van der Waals surface area contributed by atoms with E-state index in [2.05, 4.69) is 18.7 Å². The molecule has 1 aliphatic rings. The van der Waals surface area contributed by atoms with E-state index in [-0.39, 0.29) is 6.04 Å². The van der Waals surface area contributed by atoms with Crippen LogP contribution in [0.25, 0.3) is 0 Å². The molecule has 1 aliphatic heterocycles. The lowest BCUT2D eigenvalue weighted by molar-refractivity contribution is -0.122. The first kappa shape index (κ1) is 11.7. The van der Waals surface area contributed by atoms with Gasteiger partial charge in [0, 0.05) is 0 Å². The average Bonchev–Trinajstić information content (AvgIpc) is 2.16. The molecule has 0 aromatic carbocycles. The zero-order chi connectivity index (χ0) is 10.7. The molecule has 1 fully saturated rings. The molecular formula is C12H23NO. The third-order valence-electron chi connectivity index (χ3n) is 3.65. The summed E-state index contributed by atoms with van der Waals surface area (Å²) in [5.41, 5.74) is 0. The summed E-state index contributed by atoms with van der Waals surface area (Å²) in [7, 11) is 0. The lowest BCUT2D eigenvalue weighted by Crippen LogP contribution is -2.43. The molecule has 1 saturated heterocycles. The Bertz CT molecular complexity index is 192. The summed E-state index contributed by atoms with van der Waals surface area (Å²) in [6.07, 6.45) is 2.52. The van der Waals surface area contributed by atoms with Crippen LogP contribution in [-0.4, -0.2) is 29.8 Å². The second-order valence-electron chi connectivity index (χ2n) is 4.90. The van der Waals surface area contributed by atoms with Crippen molar-refractivity contribution in [2.24, 2.45) is 11.8 Å². The minimum atomic E-state index is 0.128. The zero-order valence-corrected chi connectivity index (χ0v) is 9.92. The number of likely N-dealkylation sites (tertiary alicyclic amines) is 1. The highest BCUT2D eigenvalue weighted by molar-refractivity contribution is 5.80. The van der Waals surface area contributed by atoms with Crippen molar-refractivity contribution in [3.63, 3.8) is 0 Å². The third kappa shape index (κ3) is 2.81. The van der Waals surface area contributed by atoms with Crippen LogP contribution in [0.3, 0.4) is 0 Å². The van der Waals surface area contributed by atoms with Gasteiger partial charge in [-0.25, -0.2) is 0 Å². The molecular weight excluding hydrogens is 174 g/mol. The molecule has 1 heterocycles. The molecule has 2 heteroatoms. The van der Waals surface area contributed by atoms with E-state index in [1.54, 1.807) is 6.92 Å². The van der Waals surface area contributed by atoms with Gasteiger partial charge in [0.2, 0.25) is 0 Å². The van der Waals surface area contributed by atoms with Crippen LogP contribution < -0.4 is 0 Å². The van der Waals surface area contributed by atoms with Gasteiger partial charge in [-0.15, -0.1) is 0 Å². The molecule has 1 rings (SSSR count). The average molecular weight is 197 g/mol. The van der Waals surface area contributed by atoms with Gasteiger partial charge in [0.1, 0.15) is 5.78 Å². The van der Waals surface area contributed by atoms with Gasteiger partial charge in [0.15, 0.2) is 0 Å². The van der Waals surface area contributed by atoms with Crippen LogP contribution >= 0.6 is 0 Å². The Morgan fingerprint density at radius 2 is 1.71 bits per heavy atom. The van der Waals surface area contributed by atoms with Crippen molar-refractivity contribution in [1.29, 1.82) is 0 Å². The predicted molar refractivity (Wildman–Crippen MR) is 59.3 cm³/mol. The molecule has 0 aliphatic carbocycles. The second kappa shape index (κ2) is 4.92. The van der Waals surface area contributed by atoms with Gasteiger partial charge >= 0.3 is 0 Å². The Morgan fingerprint density at radius 3 is 2.07 bits per heavy atom. The van der Waals surface area contributed by atoms with Gasteiger partial charge < -0.3 is 0 Å². The van der Waals surface area contributed by atoms with Crippen molar-refractivity contribution in [2.75, 3.05) is 13.1 Å². The summed E-state index contributed by atoms with van der Waals surface area (Å²) < 4.78 is 0. The number of ketones is 1. The van der Waals surface area contributed by atoms with Gasteiger partial charge in [0.05, 0.1) is 6.04 Å². The number of carbonyl (C=O) groups is 1. The summed E-state index contributed by atoms with van der Waals surface area (Å²) >= 11 is 0. The maximum absolute atomic E-state index is 11.2. The summed E-state index contributed by atoms with van der Waals surface area (Å²) in [5.74, 6) is 1.96. The first-order valence-corrected chi connectivity index (χ1v) is 5.77. The number of nitrogens with zero attached hydrogens (tertiary/aromatic N) is 1. The fourth-order valence-corrected chi connectivity index (χ4v) is 2.23. The predicted octanol–water partition coefficient (Wildman–Crippen LogP) is 2.33. The summed E-state index contributed by atoms with van der Waals surface area (Å²) in [6.45, 7) is 10.5. The Hall–Kier alpha value is -0.370. The van der Waals surface area contributed by atoms with E-state index >= 15 is 0 Å². The summed E-state index contributed by atoms with van der Waals surface area (Å²) in [6, 6.07) is 0.128. The van der Waals surface area contributed by atoms with E-state index in [9.17, 15) is 4.79 Å². The van der Waals surface area contributed by atoms with Gasteiger partial charge in [-0.3, -0.25) is 9.69 Å². The Morgan fingerprint density at radius 1 is 1.21 bits per heavy atom. The Balaban J connectivity index is 2.39. The van der Waals surface area contributed by atoms with Crippen LogP contribution in [0.1, 0.15) is 40.5 Å². The molecule has 0 amide bonds. The molecule has 0 spiro atoms. The largest absolute Gasteiger partial charge is 0.298 e. The van der Waals surface area contributed by atoms with Crippen molar-refractivity contribution in [1.82, 2.24) is 4.90 Å². The van der Waals surface area contributed by atoms with Crippen LogP contribution in [0.2, 0.25) is 0 Å². The quantitative estimate of drug-likeness (QED) is 0.692. The molecule has 0 saturated carbocycles. The van der Waals surface area contributed by atoms with Crippen LogP contribution in [-0.2, 0) is 4.79 Å². The molecule has 0 aromatic rings. The van der Waals surface area contributed by atoms with Crippen LogP contribution in [0, 0.1) is 11.8 Å². The van der Waals surface area contributed by atoms with E-state index in [1.807, 2.05) is 6.92 Å². The molecule has 14 heavy (non-hydrogen) atoms. The highest BCUT2D eigenvalue weighted by Crippen LogP contribution is 2.25. The lowest BCUT2D eigenvalue weighted by atomic mass is 9.86. The maximum Gasteiger partial charge on any atom is 0.146 e. The third-order valence-corrected chi connectivity index (χ3v) is 3.65.